The van der Waals surface area contributed by atoms with Crippen LogP contribution in [0.1, 0.15) is 28.0 Å². The van der Waals surface area contributed by atoms with Crippen molar-refractivity contribution in [2.75, 3.05) is 7.11 Å². The Labute approximate surface area is 150 Å². The predicted molar refractivity (Wildman–Crippen MR) is 97.5 cm³/mol. The van der Waals surface area contributed by atoms with Crippen LogP contribution in [0.3, 0.4) is 0 Å². The minimum absolute atomic E-state index is 0.0781. The number of nitrogens with one attached hydrogen (secondary N) is 2. The molecule has 2 N–H and O–H groups in total. The average molecular weight is 356 g/mol. The molecule has 2 aromatic heterocycles. The van der Waals surface area contributed by atoms with Gasteiger partial charge in [-0.15, -0.1) is 11.3 Å². The van der Waals surface area contributed by atoms with E-state index in [1.165, 1.54) is 4.88 Å². The number of ether oxygens (including phenoxy) is 1. The van der Waals surface area contributed by atoms with Crippen molar-refractivity contribution >= 4 is 17.2 Å². The van der Waals surface area contributed by atoms with Crippen LogP contribution in [0.4, 0.5) is 0 Å². The Kier molecular flexibility index (Phi) is 5.57. The number of H-pyrrole nitrogens is 1. The van der Waals surface area contributed by atoms with E-state index >= 15 is 0 Å². The molecule has 0 spiro atoms. The zero-order chi connectivity index (χ0) is 17.6. The van der Waals surface area contributed by atoms with Gasteiger partial charge < -0.3 is 10.1 Å². The lowest BCUT2D eigenvalue weighted by Gasteiger charge is -2.13. The molecule has 1 aromatic carbocycles. The maximum atomic E-state index is 12.4. The Morgan fingerprint density at radius 2 is 2.12 bits per heavy atom. The zero-order valence-electron chi connectivity index (χ0n) is 14.2. The van der Waals surface area contributed by atoms with Gasteiger partial charge >= 0.3 is 0 Å². The first kappa shape index (κ1) is 17.3. The number of hydrogen-bond acceptors (Lipinski definition) is 5. The Hall–Kier alpha value is -2.51. The van der Waals surface area contributed by atoms with Gasteiger partial charge in [0.05, 0.1) is 0 Å². The van der Waals surface area contributed by atoms with Crippen LogP contribution >= 0.6 is 11.3 Å². The van der Waals surface area contributed by atoms with E-state index < -0.39 is 0 Å². The molecule has 1 amide bonds. The highest BCUT2D eigenvalue weighted by molar-refractivity contribution is 7.09. The molecule has 6 nitrogen and oxygen atoms in total. The van der Waals surface area contributed by atoms with E-state index in [9.17, 15) is 4.79 Å². The smallest absolute Gasteiger partial charge is 0.251 e. The fourth-order valence-electron chi connectivity index (χ4n) is 2.49. The summed E-state index contributed by atoms with van der Waals surface area (Å²) in [6.45, 7) is 2.40. The summed E-state index contributed by atoms with van der Waals surface area (Å²) >= 11 is 1.70. The van der Waals surface area contributed by atoms with Gasteiger partial charge in [-0.3, -0.25) is 9.89 Å². The molecular weight excluding hydrogens is 336 g/mol. The van der Waals surface area contributed by atoms with Crippen LogP contribution in [0.5, 0.6) is 0 Å². The van der Waals surface area contributed by atoms with Crippen LogP contribution in [-0.2, 0) is 17.8 Å². The number of amides is 1. The molecule has 0 saturated carbocycles. The second-order valence-electron chi connectivity index (χ2n) is 5.77. The molecular formula is C18H20N4O2S. The Balaban J connectivity index is 1.61. The zero-order valence-corrected chi connectivity index (χ0v) is 15.0. The summed E-state index contributed by atoms with van der Waals surface area (Å²) in [5.41, 5.74) is 1.47. The van der Waals surface area contributed by atoms with Crippen molar-refractivity contribution in [2.24, 2.45) is 0 Å². The molecule has 0 radical (unpaired) electrons. The minimum Gasteiger partial charge on any atom is -0.377 e. The number of aromatic amines is 1. The quantitative estimate of drug-likeness (QED) is 0.682. The fourth-order valence-corrected chi connectivity index (χ4v) is 3.32. The van der Waals surface area contributed by atoms with Crippen molar-refractivity contribution in [3.05, 3.63) is 58.0 Å². The molecule has 7 heteroatoms. The molecule has 130 valence electrons. The molecule has 0 aliphatic heterocycles. The van der Waals surface area contributed by atoms with Gasteiger partial charge in [0.15, 0.2) is 11.6 Å². The van der Waals surface area contributed by atoms with Gasteiger partial charge in [-0.25, -0.2) is 4.98 Å². The molecule has 0 aliphatic carbocycles. The van der Waals surface area contributed by atoms with Crippen LogP contribution in [0.2, 0.25) is 0 Å². The van der Waals surface area contributed by atoms with Crippen molar-refractivity contribution < 1.29 is 9.53 Å². The third kappa shape index (κ3) is 4.52. The van der Waals surface area contributed by atoms with Crippen LogP contribution in [0.15, 0.2) is 41.8 Å². The van der Waals surface area contributed by atoms with E-state index in [2.05, 4.69) is 26.6 Å². The monoisotopic (exact) mass is 356 g/mol. The van der Waals surface area contributed by atoms with Gasteiger partial charge in [0.2, 0.25) is 0 Å². The number of rotatable bonds is 7. The number of aromatic nitrogens is 3. The van der Waals surface area contributed by atoms with Crippen LogP contribution in [0, 0.1) is 0 Å². The van der Waals surface area contributed by atoms with E-state index in [-0.39, 0.29) is 11.9 Å². The lowest BCUT2D eigenvalue weighted by atomic mass is 10.1. The highest BCUT2D eigenvalue weighted by atomic mass is 32.1. The number of nitrogens with zero attached hydrogens (tertiary/aromatic N) is 2. The number of benzene rings is 1. The maximum Gasteiger partial charge on any atom is 0.251 e. The van der Waals surface area contributed by atoms with Crippen LogP contribution < -0.4 is 5.32 Å². The number of methoxy groups -OCH3 is 1. The predicted octanol–water partition coefficient (Wildman–Crippen LogP) is 3.04. The summed E-state index contributed by atoms with van der Waals surface area (Å²) in [5.74, 6) is 1.18. The number of hydrogen-bond donors (Lipinski definition) is 2. The lowest BCUT2D eigenvalue weighted by molar-refractivity contribution is 0.0940. The van der Waals surface area contributed by atoms with E-state index in [0.29, 0.717) is 23.8 Å². The summed E-state index contributed by atoms with van der Waals surface area (Å²) in [6, 6.07) is 11.4. The van der Waals surface area contributed by atoms with E-state index in [1.807, 2.05) is 30.5 Å². The molecule has 25 heavy (non-hydrogen) atoms. The average Bonchev–Trinajstić information content (AvgIpc) is 3.27. The van der Waals surface area contributed by atoms with Gasteiger partial charge in [-0.05, 0) is 30.5 Å². The van der Waals surface area contributed by atoms with Crippen molar-refractivity contribution in [3.63, 3.8) is 0 Å². The van der Waals surface area contributed by atoms with Gasteiger partial charge in [0, 0.05) is 35.6 Å². The topological polar surface area (TPSA) is 79.9 Å². The van der Waals surface area contributed by atoms with Gasteiger partial charge in [-0.1, -0.05) is 18.2 Å². The van der Waals surface area contributed by atoms with Crippen LogP contribution in [0.25, 0.3) is 11.4 Å². The Morgan fingerprint density at radius 1 is 1.32 bits per heavy atom. The minimum atomic E-state index is -0.0781. The molecule has 0 aliphatic rings. The third-order valence-electron chi connectivity index (χ3n) is 3.68. The Morgan fingerprint density at radius 3 is 2.80 bits per heavy atom. The van der Waals surface area contributed by atoms with E-state index in [4.69, 9.17) is 4.74 Å². The lowest BCUT2D eigenvalue weighted by Crippen LogP contribution is -2.33. The first-order valence-corrected chi connectivity index (χ1v) is 8.87. The largest absolute Gasteiger partial charge is 0.377 e. The van der Waals surface area contributed by atoms with Crippen molar-refractivity contribution in [1.29, 1.82) is 0 Å². The van der Waals surface area contributed by atoms with Crippen molar-refractivity contribution in [3.8, 4) is 11.4 Å². The van der Waals surface area contributed by atoms with E-state index in [1.54, 1.807) is 30.6 Å². The summed E-state index contributed by atoms with van der Waals surface area (Å²) in [6.07, 6.45) is 0.834. The van der Waals surface area contributed by atoms with E-state index in [0.717, 1.165) is 12.0 Å². The fraction of sp³-hybridized carbons (Fsp3) is 0.278. The maximum absolute atomic E-state index is 12.4. The normalized spacial score (nSPS) is 12.1. The molecule has 0 saturated heterocycles. The highest BCUT2D eigenvalue weighted by Gasteiger charge is 2.12. The van der Waals surface area contributed by atoms with Crippen molar-refractivity contribution in [1.82, 2.24) is 20.5 Å². The summed E-state index contributed by atoms with van der Waals surface area (Å²) in [7, 11) is 1.61. The summed E-state index contributed by atoms with van der Waals surface area (Å²) in [5, 5.41) is 12.1. The molecule has 0 fully saturated rings. The number of carbonyl (C=O) groups excluding carboxylic acids is 1. The summed E-state index contributed by atoms with van der Waals surface area (Å²) in [4.78, 5) is 18.0. The molecule has 2 heterocycles. The molecule has 1 atom stereocenters. The first-order chi connectivity index (χ1) is 12.2. The second kappa shape index (κ2) is 8.04. The Bertz CT molecular complexity index is 812. The van der Waals surface area contributed by atoms with Gasteiger partial charge in [0.25, 0.3) is 5.91 Å². The number of thiophene rings is 1. The third-order valence-corrected chi connectivity index (χ3v) is 4.58. The number of carbonyl (C=O) groups is 1. The van der Waals surface area contributed by atoms with Gasteiger partial charge in [0.1, 0.15) is 6.61 Å². The molecule has 3 rings (SSSR count). The molecule has 0 unspecified atom stereocenters. The molecule has 3 aromatic rings. The van der Waals surface area contributed by atoms with Crippen LogP contribution in [-0.4, -0.2) is 34.2 Å². The van der Waals surface area contributed by atoms with Gasteiger partial charge in [-0.2, -0.15) is 5.10 Å². The standard InChI is InChI=1S/C18H20N4O2S/c1-12(10-15-4-3-9-25-15)19-18(23)14-7-5-13(6-8-14)17-20-16(11-24-2)21-22-17/h3-9,12H,10-11H2,1-2H3,(H,19,23)(H,20,21,22)/t12-/m0/s1. The second-order valence-corrected chi connectivity index (χ2v) is 6.81. The van der Waals surface area contributed by atoms with Crippen molar-refractivity contribution in [2.45, 2.75) is 26.0 Å². The highest BCUT2D eigenvalue weighted by Crippen LogP contribution is 2.16. The first-order valence-electron chi connectivity index (χ1n) is 7.99. The summed E-state index contributed by atoms with van der Waals surface area (Å²) < 4.78 is 5.02. The molecule has 0 bridgehead atoms. The SMILES string of the molecule is COCc1nc(-c2ccc(C(=O)N[C@@H](C)Cc3cccs3)cc2)n[nH]1.